The smallest absolute Gasteiger partial charge is 0.475 e. The Balaban J connectivity index is 0.000000345. The minimum Gasteiger partial charge on any atom is -0.475 e. The topological polar surface area (TPSA) is 106 Å². The number of aliphatic carboxylic acids is 1. The first-order valence-electron chi connectivity index (χ1n) is 8.39. The summed E-state index contributed by atoms with van der Waals surface area (Å²) in [6, 6.07) is 3.75. The summed E-state index contributed by atoms with van der Waals surface area (Å²) in [6.45, 7) is 1.35. The van der Waals surface area contributed by atoms with Crippen LogP contribution in [0.3, 0.4) is 0 Å². The second kappa shape index (κ2) is 9.16. The van der Waals surface area contributed by atoms with E-state index in [-0.39, 0.29) is 18.2 Å². The van der Waals surface area contributed by atoms with Crippen LogP contribution in [0.1, 0.15) is 18.4 Å². The van der Waals surface area contributed by atoms with Gasteiger partial charge in [0, 0.05) is 18.9 Å². The molecule has 1 saturated heterocycles. The Morgan fingerprint density at radius 2 is 2.11 bits per heavy atom. The lowest BCUT2D eigenvalue weighted by atomic mass is 10.1. The number of carbonyl (C=O) groups is 1. The molecule has 0 aromatic carbocycles. The number of aromatic nitrogens is 1. The highest BCUT2D eigenvalue weighted by atomic mass is 32.2. The third kappa shape index (κ3) is 6.12. The van der Waals surface area contributed by atoms with Gasteiger partial charge in [-0.25, -0.2) is 13.2 Å². The highest BCUT2D eigenvalue weighted by Crippen LogP contribution is 2.33. The van der Waals surface area contributed by atoms with Crippen molar-refractivity contribution in [3.63, 3.8) is 0 Å². The summed E-state index contributed by atoms with van der Waals surface area (Å²) < 4.78 is 68.7. The van der Waals surface area contributed by atoms with Gasteiger partial charge in [-0.15, -0.1) is 0 Å². The fourth-order valence-corrected chi connectivity index (χ4v) is 4.28. The Kier molecular flexibility index (Phi) is 7.37. The molecule has 1 aromatic rings. The number of morpholine rings is 1. The van der Waals surface area contributed by atoms with Crippen molar-refractivity contribution in [2.75, 3.05) is 19.4 Å². The normalized spacial score (nSPS) is 25.5. The lowest BCUT2D eigenvalue weighted by Gasteiger charge is -2.37. The van der Waals surface area contributed by atoms with Crippen LogP contribution in [0.2, 0.25) is 0 Å². The quantitative estimate of drug-likeness (QED) is 0.776. The molecule has 1 aliphatic carbocycles. The Morgan fingerprint density at radius 1 is 1.43 bits per heavy atom. The molecule has 0 spiro atoms. The number of sulfonamides is 1. The summed E-state index contributed by atoms with van der Waals surface area (Å²) in [7, 11) is -3.18. The molecule has 28 heavy (non-hydrogen) atoms. The molecule has 3 rings (SSSR count). The van der Waals surface area contributed by atoms with E-state index in [0.717, 1.165) is 18.4 Å². The first-order valence-corrected chi connectivity index (χ1v) is 10.2. The zero-order valence-electron chi connectivity index (χ0n) is 15.0. The molecule has 158 valence electrons. The van der Waals surface area contributed by atoms with E-state index in [4.69, 9.17) is 19.4 Å². The van der Waals surface area contributed by atoms with Crippen LogP contribution in [-0.4, -0.2) is 72.6 Å². The molecule has 8 nitrogen and oxygen atoms in total. The number of carboxylic acid groups (broad SMARTS) is 1. The molecular formula is C16H21F3N2O6S. The molecule has 2 heterocycles. The van der Waals surface area contributed by atoms with Crippen molar-refractivity contribution in [1.29, 1.82) is 0 Å². The summed E-state index contributed by atoms with van der Waals surface area (Å²) in [5, 5.41) is 7.12. The largest absolute Gasteiger partial charge is 0.490 e. The highest BCUT2D eigenvalue weighted by Gasteiger charge is 2.46. The number of halogens is 3. The maximum Gasteiger partial charge on any atom is 0.490 e. The molecule has 3 atom stereocenters. The summed E-state index contributed by atoms with van der Waals surface area (Å²) in [6.07, 6.45) is 1.07. The van der Waals surface area contributed by atoms with Gasteiger partial charge >= 0.3 is 12.1 Å². The highest BCUT2D eigenvalue weighted by molar-refractivity contribution is 7.88. The molecule has 1 aromatic heterocycles. The van der Waals surface area contributed by atoms with Crippen molar-refractivity contribution in [2.45, 2.75) is 43.9 Å². The van der Waals surface area contributed by atoms with E-state index in [0.29, 0.717) is 19.8 Å². The van der Waals surface area contributed by atoms with Gasteiger partial charge in [0.1, 0.15) is 6.10 Å². The van der Waals surface area contributed by atoms with Crippen LogP contribution >= 0.6 is 0 Å². The number of carboxylic acids is 1. The van der Waals surface area contributed by atoms with E-state index in [1.807, 2.05) is 12.1 Å². The zero-order valence-corrected chi connectivity index (χ0v) is 15.8. The van der Waals surface area contributed by atoms with Crippen molar-refractivity contribution in [3.8, 4) is 0 Å². The van der Waals surface area contributed by atoms with Crippen LogP contribution in [0.25, 0.3) is 0 Å². The van der Waals surface area contributed by atoms with E-state index >= 15 is 0 Å². The Labute approximate surface area is 160 Å². The molecule has 1 saturated carbocycles. The fraction of sp³-hybridized carbons (Fsp3) is 0.625. The van der Waals surface area contributed by atoms with Crippen molar-refractivity contribution in [2.24, 2.45) is 0 Å². The number of hydrogen-bond donors (Lipinski definition) is 1. The van der Waals surface area contributed by atoms with E-state index in [1.54, 1.807) is 16.7 Å². The molecule has 1 N–H and O–H groups in total. The summed E-state index contributed by atoms with van der Waals surface area (Å²) in [5.74, 6) is -2.76. The van der Waals surface area contributed by atoms with Crippen LogP contribution in [0.5, 0.6) is 0 Å². The SMILES string of the molecule is CS(=O)(=O)N1CCO[C@H]2[C@H](OCc3cccnc3)CC[C@@H]21.O=C(O)C(F)(F)F. The number of alkyl halides is 3. The van der Waals surface area contributed by atoms with Crippen molar-refractivity contribution in [1.82, 2.24) is 9.29 Å². The first kappa shape index (κ1) is 22.5. The molecule has 1 aliphatic heterocycles. The number of pyridine rings is 1. The zero-order chi connectivity index (χ0) is 20.9. The Bertz CT molecular complexity index is 759. The second-order valence-corrected chi connectivity index (χ2v) is 8.30. The van der Waals surface area contributed by atoms with Gasteiger partial charge in [-0.1, -0.05) is 6.07 Å². The maximum atomic E-state index is 11.8. The Hall–Kier alpha value is -1.76. The fourth-order valence-electron chi connectivity index (χ4n) is 3.16. The van der Waals surface area contributed by atoms with Crippen LogP contribution in [-0.2, 0) is 30.9 Å². The van der Waals surface area contributed by atoms with Crippen molar-refractivity contribution >= 4 is 16.0 Å². The molecule has 0 amide bonds. The lowest BCUT2D eigenvalue weighted by molar-refractivity contribution is -0.192. The number of ether oxygens (including phenoxy) is 2. The van der Waals surface area contributed by atoms with Gasteiger partial charge in [-0.2, -0.15) is 17.5 Å². The van der Waals surface area contributed by atoms with Gasteiger partial charge in [0.05, 0.1) is 31.6 Å². The summed E-state index contributed by atoms with van der Waals surface area (Å²) in [5.41, 5.74) is 1.01. The minimum atomic E-state index is -5.08. The second-order valence-electron chi connectivity index (χ2n) is 6.37. The van der Waals surface area contributed by atoms with Crippen molar-refractivity contribution < 1.29 is 41.0 Å². The molecule has 12 heteroatoms. The monoisotopic (exact) mass is 426 g/mol. The molecule has 0 unspecified atom stereocenters. The van der Waals surface area contributed by atoms with E-state index in [2.05, 4.69) is 4.98 Å². The standard InChI is InChI=1S/C14H20N2O4S.C2HF3O2/c1-21(17,18)16-7-8-19-14-12(16)4-5-13(14)20-10-11-3-2-6-15-9-11;3-2(4,5)1(6)7/h2-3,6,9,12-14H,4-5,7-8,10H2,1H3;(H,6,7)/t12-,13+,14+;/m0./s1. The van der Waals surface area contributed by atoms with Gasteiger partial charge in [-0.05, 0) is 24.5 Å². The number of nitrogens with zero attached hydrogens (tertiary/aromatic N) is 2. The average Bonchev–Trinajstić information content (AvgIpc) is 3.03. The first-order chi connectivity index (χ1) is 13.0. The van der Waals surface area contributed by atoms with Gasteiger partial charge in [0.2, 0.25) is 10.0 Å². The van der Waals surface area contributed by atoms with Crippen LogP contribution in [0.4, 0.5) is 13.2 Å². The minimum absolute atomic E-state index is 0.0558. The molecule has 2 aliphatic rings. The van der Waals surface area contributed by atoms with E-state index in [9.17, 15) is 21.6 Å². The number of rotatable bonds is 4. The molecule has 0 radical (unpaired) electrons. The van der Waals surface area contributed by atoms with Gasteiger partial charge in [0.25, 0.3) is 0 Å². The van der Waals surface area contributed by atoms with Gasteiger partial charge in [-0.3, -0.25) is 4.98 Å². The molecular weight excluding hydrogens is 405 g/mol. The van der Waals surface area contributed by atoms with Gasteiger partial charge < -0.3 is 14.6 Å². The van der Waals surface area contributed by atoms with E-state index < -0.39 is 22.2 Å². The lowest BCUT2D eigenvalue weighted by Crippen LogP contribution is -2.53. The predicted octanol–water partition coefficient (Wildman–Crippen LogP) is 1.42. The summed E-state index contributed by atoms with van der Waals surface area (Å²) in [4.78, 5) is 13.0. The number of hydrogen-bond acceptors (Lipinski definition) is 6. The maximum absolute atomic E-state index is 11.8. The third-order valence-corrected chi connectivity index (χ3v) is 5.65. The van der Waals surface area contributed by atoms with Gasteiger partial charge in [0.15, 0.2) is 0 Å². The third-order valence-electron chi connectivity index (χ3n) is 4.34. The van der Waals surface area contributed by atoms with Crippen LogP contribution in [0, 0.1) is 0 Å². The van der Waals surface area contributed by atoms with E-state index in [1.165, 1.54) is 6.26 Å². The van der Waals surface area contributed by atoms with Crippen molar-refractivity contribution in [3.05, 3.63) is 30.1 Å². The average molecular weight is 426 g/mol. The Morgan fingerprint density at radius 3 is 2.64 bits per heavy atom. The van der Waals surface area contributed by atoms with Crippen LogP contribution < -0.4 is 0 Å². The van der Waals surface area contributed by atoms with Crippen LogP contribution in [0.15, 0.2) is 24.5 Å². The molecule has 0 bridgehead atoms. The predicted molar refractivity (Wildman–Crippen MR) is 90.8 cm³/mol. The number of fused-ring (bicyclic) bond motifs is 1. The summed E-state index contributed by atoms with van der Waals surface area (Å²) >= 11 is 0. The molecule has 2 fully saturated rings.